The molecule has 0 saturated carbocycles. The van der Waals surface area contributed by atoms with E-state index in [1.54, 1.807) is 45.0 Å². The second-order valence-electron chi connectivity index (χ2n) is 9.42. The number of carbonyl (C=O) groups excluding carboxylic acids is 1. The largest absolute Gasteiger partial charge is 0.478 e. The number of rotatable bonds is 9. The van der Waals surface area contributed by atoms with Crippen molar-refractivity contribution in [1.29, 1.82) is 0 Å². The summed E-state index contributed by atoms with van der Waals surface area (Å²) in [7, 11) is 0. The highest BCUT2D eigenvalue weighted by atomic mass is 79.9. The standard InChI is InChI=1S/C26H24BrF3N4O5/c1-24(2,3)39-25(22(36)37,32-14-35)13-15-4-6-16(7-5-15)19-12-20(34-23(31)33-19)38-21(26(28,29)30)17-8-10-18(27)11-9-17/h4-12,21H,13H2,1-3H3,(H,36,37)(H2,31,33,34)/t21-,25-/m0/s1. The van der Waals surface area contributed by atoms with Crippen molar-refractivity contribution >= 4 is 33.9 Å². The fourth-order valence-corrected chi connectivity index (χ4v) is 3.91. The fraction of sp³-hybridized carbons (Fsp3) is 0.308. The molecule has 0 radical (unpaired) electrons. The number of alkyl halides is 3. The lowest BCUT2D eigenvalue weighted by atomic mass is 9.99. The Bertz CT molecular complexity index is 1370. The van der Waals surface area contributed by atoms with E-state index < -0.39 is 35.5 Å². The lowest BCUT2D eigenvalue weighted by molar-refractivity contribution is -0.198. The van der Waals surface area contributed by atoms with Crippen LogP contribution in [0, 0.1) is 0 Å². The third kappa shape index (κ3) is 7.85. The predicted octanol–water partition coefficient (Wildman–Crippen LogP) is 5.65. The normalized spacial score (nSPS) is 14.1. The van der Waals surface area contributed by atoms with Gasteiger partial charge in [0, 0.05) is 28.1 Å². The summed E-state index contributed by atoms with van der Waals surface area (Å²) >= 11 is 3.19. The highest BCUT2D eigenvalue weighted by molar-refractivity contribution is 9.10. The van der Waals surface area contributed by atoms with Crippen molar-refractivity contribution in [2.24, 2.45) is 4.99 Å². The number of benzene rings is 2. The molecule has 3 N–H and O–H groups in total. The summed E-state index contributed by atoms with van der Waals surface area (Å²) in [6, 6.07) is 12.9. The van der Waals surface area contributed by atoms with Crippen LogP contribution < -0.4 is 10.5 Å². The number of isocyanates is 1. The first-order valence-corrected chi connectivity index (χ1v) is 12.2. The average molecular weight is 609 g/mol. The van der Waals surface area contributed by atoms with Gasteiger partial charge in [0.1, 0.15) is 0 Å². The molecule has 3 rings (SSSR count). The number of anilines is 1. The van der Waals surface area contributed by atoms with Crippen molar-refractivity contribution in [1.82, 2.24) is 9.97 Å². The van der Waals surface area contributed by atoms with Gasteiger partial charge >= 0.3 is 12.1 Å². The molecule has 13 heteroatoms. The quantitative estimate of drug-likeness (QED) is 0.235. The van der Waals surface area contributed by atoms with Gasteiger partial charge in [-0.2, -0.15) is 23.1 Å². The topological polar surface area (TPSA) is 137 Å². The molecule has 2 aromatic carbocycles. The zero-order valence-electron chi connectivity index (χ0n) is 21.0. The Hall–Kier alpha value is -3.80. The number of carbonyl (C=O) groups is 1. The zero-order valence-corrected chi connectivity index (χ0v) is 22.6. The number of aromatic nitrogens is 2. The molecule has 0 amide bonds. The Balaban J connectivity index is 1.91. The Morgan fingerprint density at radius 2 is 1.72 bits per heavy atom. The molecule has 0 aliphatic rings. The van der Waals surface area contributed by atoms with E-state index in [1.807, 2.05) is 0 Å². The molecule has 0 aliphatic heterocycles. The van der Waals surface area contributed by atoms with E-state index in [4.69, 9.17) is 15.2 Å². The first-order valence-electron chi connectivity index (χ1n) is 11.4. The van der Waals surface area contributed by atoms with Crippen LogP contribution in [0.4, 0.5) is 19.1 Å². The summed E-state index contributed by atoms with van der Waals surface area (Å²) in [6.45, 7) is 4.86. The van der Waals surface area contributed by atoms with Crippen LogP contribution in [0.1, 0.15) is 38.0 Å². The molecule has 2 atom stereocenters. The number of hydrogen-bond donors (Lipinski definition) is 2. The Kier molecular flexibility index (Phi) is 8.79. The second-order valence-corrected chi connectivity index (χ2v) is 10.3. The number of halogens is 4. The minimum atomic E-state index is -4.74. The van der Waals surface area contributed by atoms with Gasteiger partial charge in [0.2, 0.25) is 24.0 Å². The molecule has 0 unspecified atom stereocenters. The van der Waals surface area contributed by atoms with Crippen LogP contribution in [-0.2, 0) is 20.7 Å². The minimum Gasteiger partial charge on any atom is -0.478 e. The number of ether oxygens (including phenoxy) is 2. The van der Waals surface area contributed by atoms with Gasteiger partial charge in [-0.05, 0) is 38.5 Å². The van der Waals surface area contributed by atoms with Gasteiger partial charge in [-0.3, -0.25) is 0 Å². The molecule has 39 heavy (non-hydrogen) atoms. The number of nitrogens with two attached hydrogens (primary N) is 1. The summed E-state index contributed by atoms with van der Waals surface area (Å²) in [5, 5.41) is 9.77. The minimum absolute atomic E-state index is 0.133. The third-order valence-electron chi connectivity index (χ3n) is 5.16. The number of nitrogen functional groups attached to an aromatic ring is 1. The van der Waals surface area contributed by atoms with E-state index in [0.717, 1.165) is 0 Å². The van der Waals surface area contributed by atoms with Crippen molar-refractivity contribution in [3.63, 3.8) is 0 Å². The van der Waals surface area contributed by atoms with E-state index in [-0.39, 0.29) is 23.6 Å². The lowest BCUT2D eigenvalue weighted by Gasteiger charge is -2.32. The number of aliphatic carboxylic acids is 1. The van der Waals surface area contributed by atoms with Crippen molar-refractivity contribution in [2.45, 2.75) is 50.8 Å². The molecule has 0 fully saturated rings. The number of hydrogen-bond acceptors (Lipinski definition) is 8. The van der Waals surface area contributed by atoms with E-state index in [1.165, 1.54) is 36.4 Å². The maximum Gasteiger partial charge on any atom is 0.429 e. The summed E-state index contributed by atoms with van der Waals surface area (Å²) in [6.07, 6.45) is -6.08. The molecule has 1 heterocycles. The predicted molar refractivity (Wildman–Crippen MR) is 138 cm³/mol. The van der Waals surface area contributed by atoms with E-state index in [9.17, 15) is 27.9 Å². The highest BCUT2D eigenvalue weighted by Gasteiger charge is 2.44. The molecule has 3 aromatic rings. The first kappa shape index (κ1) is 29.8. The van der Waals surface area contributed by atoms with Crippen molar-refractivity contribution in [2.75, 3.05) is 5.73 Å². The lowest BCUT2D eigenvalue weighted by Crippen LogP contribution is -2.47. The van der Waals surface area contributed by atoms with Crippen LogP contribution in [-0.4, -0.2) is 44.6 Å². The van der Waals surface area contributed by atoms with Gasteiger partial charge < -0.3 is 20.3 Å². The van der Waals surface area contributed by atoms with Gasteiger partial charge in [-0.15, -0.1) is 0 Å². The zero-order chi connectivity index (χ0) is 29.0. The number of carboxylic acids is 1. The molecule has 9 nitrogen and oxygen atoms in total. The number of nitrogens with zero attached hydrogens (tertiary/aromatic N) is 3. The van der Waals surface area contributed by atoms with Gasteiger partial charge in [0.05, 0.1) is 11.3 Å². The summed E-state index contributed by atoms with van der Waals surface area (Å²) in [5.74, 6) is -2.18. The summed E-state index contributed by atoms with van der Waals surface area (Å²) < 4.78 is 52.9. The molecule has 0 aliphatic carbocycles. The molecular weight excluding hydrogens is 585 g/mol. The Morgan fingerprint density at radius 3 is 2.23 bits per heavy atom. The van der Waals surface area contributed by atoms with Crippen molar-refractivity contribution in [3.8, 4) is 17.1 Å². The van der Waals surface area contributed by atoms with Crippen molar-refractivity contribution < 1.29 is 37.3 Å². The molecular formula is C26H24BrF3N4O5. The maximum absolute atomic E-state index is 13.8. The average Bonchev–Trinajstić information content (AvgIpc) is 2.82. The van der Waals surface area contributed by atoms with Gasteiger partial charge in [-0.1, -0.05) is 52.3 Å². The maximum atomic E-state index is 13.8. The third-order valence-corrected chi connectivity index (χ3v) is 5.69. The van der Waals surface area contributed by atoms with Crippen LogP contribution in [0.2, 0.25) is 0 Å². The van der Waals surface area contributed by atoms with Gasteiger partial charge in [-0.25, -0.2) is 14.6 Å². The molecule has 0 spiro atoms. The van der Waals surface area contributed by atoms with Crippen LogP contribution in [0.5, 0.6) is 5.88 Å². The second kappa shape index (κ2) is 11.5. The SMILES string of the molecule is CC(C)(C)O[C@](Cc1ccc(-c2cc(O[C@@H](c3ccc(Br)cc3)C(F)(F)F)nc(N)n2)cc1)(N=C=O)C(=O)O. The van der Waals surface area contributed by atoms with Gasteiger partial charge in [0.15, 0.2) is 0 Å². The van der Waals surface area contributed by atoms with E-state index in [0.29, 0.717) is 15.6 Å². The van der Waals surface area contributed by atoms with Crippen LogP contribution in [0.15, 0.2) is 64.1 Å². The van der Waals surface area contributed by atoms with Crippen LogP contribution >= 0.6 is 15.9 Å². The van der Waals surface area contributed by atoms with E-state index in [2.05, 4.69) is 30.9 Å². The van der Waals surface area contributed by atoms with Gasteiger partial charge in [0.25, 0.3) is 5.72 Å². The van der Waals surface area contributed by atoms with Crippen molar-refractivity contribution in [3.05, 3.63) is 70.2 Å². The molecule has 206 valence electrons. The number of carboxylic acid groups (broad SMARTS) is 1. The Morgan fingerprint density at radius 1 is 1.10 bits per heavy atom. The number of aliphatic imine (C=N–C) groups is 1. The van der Waals surface area contributed by atoms with E-state index >= 15 is 0 Å². The fourth-order valence-electron chi connectivity index (χ4n) is 3.65. The highest BCUT2D eigenvalue weighted by Crippen LogP contribution is 2.37. The van der Waals surface area contributed by atoms with Crippen LogP contribution in [0.25, 0.3) is 11.3 Å². The smallest absolute Gasteiger partial charge is 0.429 e. The first-order chi connectivity index (χ1) is 18.1. The molecule has 0 saturated heterocycles. The monoisotopic (exact) mass is 608 g/mol. The summed E-state index contributed by atoms with van der Waals surface area (Å²) in [5.41, 5.74) is 3.51. The van der Waals surface area contributed by atoms with Crippen LogP contribution in [0.3, 0.4) is 0 Å². The Labute approximate surface area is 230 Å². The summed E-state index contributed by atoms with van der Waals surface area (Å²) in [4.78, 5) is 34.3. The molecule has 1 aromatic heterocycles. The molecule has 0 bridgehead atoms.